The van der Waals surface area contributed by atoms with Gasteiger partial charge in [0.05, 0.1) is 5.69 Å². The molecule has 0 bridgehead atoms. The minimum atomic E-state index is 0.713. The molecule has 0 aliphatic carbocycles. The van der Waals surface area contributed by atoms with Gasteiger partial charge < -0.3 is 0 Å². The molecular formula is C10H8BrClN2. The van der Waals surface area contributed by atoms with Crippen LogP contribution in [0, 0.1) is 6.92 Å². The molecule has 0 saturated carbocycles. The zero-order valence-electron chi connectivity index (χ0n) is 7.54. The summed E-state index contributed by atoms with van der Waals surface area (Å²) in [7, 11) is 0. The van der Waals surface area contributed by atoms with Gasteiger partial charge in [0.25, 0.3) is 0 Å². The summed E-state index contributed by atoms with van der Waals surface area (Å²) in [5, 5.41) is 4.93. The second-order valence-corrected chi connectivity index (χ2v) is 4.27. The van der Waals surface area contributed by atoms with Crippen molar-refractivity contribution in [3.63, 3.8) is 0 Å². The van der Waals surface area contributed by atoms with Crippen LogP contribution in [0.2, 0.25) is 5.02 Å². The molecule has 72 valence electrons. The first kappa shape index (κ1) is 9.74. The van der Waals surface area contributed by atoms with E-state index in [0.717, 1.165) is 15.9 Å². The van der Waals surface area contributed by atoms with Gasteiger partial charge in [0.1, 0.15) is 0 Å². The minimum absolute atomic E-state index is 0.713. The monoisotopic (exact) mass is 270 g/mol. The molecule has 14 heavy (non-hydrogen) atoms. The molecule has 0 aliphatic rings. The minimum Gasteiger partial charge on any atom is -0.237 e. The van der Waals surface area contributed by atoms with Crippen molar-refractivity contribution in [2.45, 2.75) is 6.92 Å². The van der Waals surface area contributed by atoms with E-state index in [-0.39, 0.29) is 0 Å². The van der Waals surface area contributed by atoms with Crippen LogP contribution in [0.25, 0.3) is 5.69 Å². The van der Waals surface area contributed by atoms with Gasteiger partial charge in [-0.3, -0.25) is 0 Å². The van der Waals surface area contributed by atoms with Crippen molar-refractivity contribution in [2.24, 2.45) is 0 Å². The summed E-state index contributed by atoms with van der Waals surface area (Å²) in [6, 6.07) is 7.61. The lowest BCUT2D eigenvalue weighted by Crippen LogP contribution is -1.99. The van der Waals surface area contributed by atoms with E-state index in [1.807, 2.05) is 35.9 Å². The van der Waals surface area contributed by atoms with Crippen LogP contribution >= 0.6 is 27.5 Å². The highest BCUT2D eigenvalue weighted by Crippen LogP contribution is 2.24. The first-order valence-electron chi connectivity index (χ1n) is 4.14. The van der Waals surface area contributed by atoms with Gasteiger partial charge in [0.2, 0.25) is 0 Å². The fourth-order valence-electron chi connectivity index (χ4n) is 1.27. The molecule has 0 saturated heterocycles. The van der Waals surface area contributed by atoms with Gasteiger partial charge in [-0.15, -0.1) is 0 Å². The third kappa shape index (κ3) is 1.70. The van der Waals surface area contributed by atoms with Crippen LogP contribution in [-0.4, -0.2) is 9.78 Å². The molecule has 1 aromatic carbocycles. The highest BCUT2D eigenvalue weighted by atomic mass is 79.9. The van der Waals surface area contributed by atoms with Gasteiger partial charge in [-0.25, -0.2) is 4.68 Å². The summed E-state index contributed by atoms with van der Waals surface area (Å²) in [6.45, 7) is 2.01. The molecule has 2 aromatic rings. The maximum Gasteiger partial charge on any atom is 0.0791 e. The molecule has 0 spiro atoms. The van der Waals surface area contributed by atoms with Crippen LogP contribution in [0.15, 0.2) is 34.9 Å². The lowest BCUT2D eigenvalue weighted by molar-refractivity contribution is 0.843. The molecule has 0 N–H and O–H groups in total. The molecular weight excluding hydrogens is 263 g/mol. The number of rotatable bonds is 1. The maximum atomic E-state index is 5.86. The van der Waals surface area contributed by atoms with Crippen molar-refractivity contribution in [3.8, 4) is 5.69 Å². The number of hydrogen-bond acceptors (Lipinski definition) is 1. The standard InChI is InChI=1S/C10H8BrClN2/c1-7-4-5-13-14(7)10-3-2-8(12)6-9(10)11/h2-6H,1H3. The van der Waals surface area contributed by atoms with Gasteiger partial charge in [0.15, 0.2) is 0 Å². The van der Waals surface area contributed by atoms with Crippen LogP contribution in [0.5, 0.6) is 0 Å². The van der Waals surface area contributed by atoms with Crippen LogP contribution < -0.4 is 0 Å². The average molecular weight is 272 g/mol. The van der Waals surface area contributed by atoms with Crippen LogP contribution in [-0.2, 0) is 0 Å². The highest BCUT2D eigenvalue weighted by Gasteiger charge is 2.05. The number of aromatic nitrogens is 2. The van der Waals surface area contributed by atoms with E-state index in [1.165, 1.54) is 0 Å². The van der Waals surface area contributed by atoms with Crippen molar-refractivity contribution >= 4 is 27.5 Å². The Kier molecular flexibility index (Phi) is 2.61. The summed E-state index contributed by atoms with van der Waals surface area (Å²) < 4.78 is 2.80. The van der Waals surface area contributed by atoms with E-state index in [2.05, 4.69) is 21.0 Å². The Balaban J connectivity index is 2.58. The van der Waals surface area contributed by atoms with E-state index in [1.54, 1.807) is 6.20 Å². The quantitative estimate of drug-likeness (QED) is 0.775. The molecule has 0 fully saturated rings. The first-order valence-corrected chi connectivity index (χ1v) is 5.31. The molecule has 0 atom stereocenters. The Labute approximate surface area is 95.6 Å². The Hall–Kier alpha value is -0.800. The van der Waals surface area contributed by atoms with Gasteiger partial charge in [0, 0.05) is 21.4 Å². The van der Waals surface area contributed by atoms with Crippen molar-refractivity contribution in [1.82, 2.24) is 9.78 Å². The SMILES string of the molecule is Cc1ccnn1-c1ccc(Cl)cc1Br. The summed E-state index contributed by atoms with van der Waals surface area (Å²) >= 11 is 9.32. The maximum absolute atomic E-state index is 5.86. The zero-order valence-corrected chi connectivity index (χ0v) is 9.88. The first-order chi connectivity index (χ1) is 6.68. The van der Waals surface area contributed by atoms with Crippen molar-refractivity contribution in [1.29, 1.82) is 0 Å². The molecule has 0 unspecified atom stereocenters. The van der Waals surface area contributed by atoms with Gasteiger partial charge in [-0.2, -0.15) is 5.10 Å². The Morgan fingerprint density at radius 1 is 1.36 bits per heavy atom. The normalized spacial score (nSPS) is 10.5. The third-order valence-electron chi connectivity index (χ3n) is 1.97. The molecule has 0 aliphatic heterocycles. The van der Waals surface area contributed by atoms with Gasteiger partial charge >= 0.3 is 0 Å². The molecule has 2 rings (SSSR count). The second kappa shape index (κ2) is 3.75. The van der Waals surface area contributed by atoms with Gasteiger partial charge in [-0.05, 0) is 47.1 Å². The summed E-state index contributed by atoms with van der Waals surface area (Å²) in [6.07, 6.45) is 1.77. The number of halogens is 2. The van der Waals surface area contributed by atoms with E-state index in [4.69, 9.17) is 11.6 Å². The van der Waals surface area contributed by atoms with E-state index >= 15 is 0 Å². The topological polar surface area (TPSA) is 17.8 Å². The fourth-order valence-corrected chi connectivity index (χ4v) is 2.13. The number of aryl methyl sites for hydroxylation is 1. The van der Waals surface area contributed by atoms with E-state index in [0.29, 0.717) is 5.02 Å². The van der Waals surface area contributed by atoms with Crippen molar-refractivity contribution in [3.05, 3.63) is 45.7 Å². The molecule has 4 heteroatoms. The van der Waals surface area contributed by atoms with E-state index < -0.39 is 0 Å². The molecule has 2 nitrogen and oxygen atoms in total. The number of nitrogens with zero attached hydrogens (tertiary/aromatic N) is 2. The summed E-state index contributed by atoms with van der Waals surface area (Å²) in [5.41, 5.74) is 2.09. The predicted octanol–water partition coefficient (Wildman–Crippen LogP) is 3.60. The lowest BCUT2D eigenvalue weighted by atomic mass is 10.3. The Morgan fingerprint density at radius 3 is 2.71 bits per heavy atom. The summed E-state index contributed by atoms with van der Waals surface area (Å²) in [5.74, 6) is 0. The second-order valence-electron chi connectivity index (χ2n) is 2.98. The van der Waals surface area contributed by atoms with Crippen LogP contribution in [0.1, 0.15) is 5.69 Å². The Bertz CT molecular complexity index is 465. The van der Waals surface area contributed by atoms with Gasteiger partial charge in [-0.1, -0.05) is 11.6 Å². The third-order valence-corrected chi connectivity index (χ3v) is 2.84. The molecule has 0 amide bonds. The molecule has 1 heterocycles. The van der Waals surface area contributed by atoms with Crippen molar-refractivity contribution in [2.75, 3.05) is 0 Å². The number of hydrogen-bond donors (Lipinski definition) is 0. The largest absolute Gasteiger partial charge is 0.237 e. The average Bonchev–Trinajstić information content (AvgIpc) is 2.52. The van der Waals surface area contributed by atoms with E-state index in [9.17, 15) is 0 Å². The fraction of sp³-hybridized carbons (Fsp3) is 0.100. The lowest BCUT2D eigenvalue weighted by Gasteiger charge is -2.06. The highest BCUT2D eigenvalue weighted by molar-refractivity contribution is 9.10. The molecule has 0 radical (unpaired) electrons. The Morgan fingerprint density at radius 2 is 2.14 bits per heavy atom. The van der Waals surface area contributed by atoms with Crippen LogP contribution in [0.4, 0.5) is 0 Å². The number of benzene rings is 1. The zero-order chi connectivity index (χ0) is 10.1. The summed E-state index contributed by atoms with van der Waals surface area (Å²) in [4.78, 5) is 0. The predicted molar refractivity (Wildman–Crippen MR) is 61.0 cm³/mol. The van der Waals surface area contributed by atoms with Crippen LogP contribution in [0.3, 0.4) is 0 Å². The smallest absolute Gasteiger partial charge is 0.0791 e. The molecule has 1 aromatic heterocycles. The van der Waals surface area contributed by atoms with Crippen molar-refractivity contribution < 1.29 is 0 Å².